The molecule has 2 fully saturated rings. The van der Waals surface area contributed by atoms with E-state index >= 15 is 0 Å². The first-order valence-electron chi connectivity index (χ1n) is 5.47. The molecule has 88 valence electrons. The fourth-order valence-electron chi connectivity index (χ4n) is 2.37. The van der Waals surface area contributed by atoms with Crippen LogP contribution in [0.3, 0.4) is 0 Å². The Balaban J connectivity index is 2.07. The Bertz CT molecular complexity index is 214. The van der Waals surface area contributed by atoms with Crippen molar-refractivity contribution in [1.82, 2.24) is 0 Å². The van der Waals surface area contributed by atoms with E-state index in [9.17, 15) is 10.2 Å². The topological polar surface area (TPSA) is 79.2 Å². The number of ether oxygens (including phenoxy) is 2. The van der Waals surface area contributed by atoms with Gasteiger partial charge in [0, 0.05) is 19.4 Å². The molecule has 2 saturated heterocycles. The highest BCUT2D eigenvalue weighted by Gasteiger charge is 2.51. The average Bonchev–Trinajstić information content (AvgIpc) is 2.64. The fourth-order valence-corrected chi connectivity index (χ4v) is 2.37. The normalized spacial score (nSPS) is 46.2. The Kier molecular flexibility index (Phi) is 3.27. The second kappa shape index (κ2) is 4.35. The van der Waals surface area contributed by atoms with Crippen LogP contribution in [0.4, 0.5) is 0 Å². The largest absolute Gasteiger partial charge is 0.396 e. The summed E-state index contributed by atoms with van der Waals surface area (Å²) >= 11 is 0. The maximum Gasteiger partial charge on any atom is 0.197 e. The van der Waals surface area contributed by atoms with E-state index in [0.29, 0.717) is 25.9 Å². The molecule has 5 heteroatoms. The lowest BCUT2D eigenvalue weighted by atomic mass is 9.92. The molecule has 1 spiro atoms. The van der Waals surface area contributed by atoms with Gasteiger partial charge < -0.3 is 24.8 Å². The molecule has 2 aliphatic heterocycles. The summed E-state index contributed by atoms with van der Waals surface area (Å²) in [6.45, 7) is 0.569. The van der Waals surface area contributed by atoms with Gasteiger partial charge in [0.2, 0.25) is 0 Å². The van der Waals surface area contributed by atoms with Gasteiger partial charge in [0.05, 0.1) is 18.8 Å². The monoisotopic (exact) mass is 218 g/mol. The molecule has 0 bridgehead atoms. The van der Waals surface area contributed by atoms with Crippen molar-refractivity contribution < 1.29 is 24.8 Å². The number of hydrogen-bond acceptors (Lipinski definition) is 5. The lowest BCUT2D eigenvalue weighted by Gasteiger charge is -2.43. The second-order valence-corrected chi connectivity index (χ2v) is 4.26. The highest BCUT2D eigenvalue weighted by Crippen LogP contribution is 2.38. The highest BCUT2D eigenvalue weighted by molar-refractivity contribution is 4.94. The molecule has 0 aromatic carbocycles. The van der Waals surface area contributed by atoms with E-state index in [1.165, 1.54) is 0 Å². The first kappa shape index (κ1) is 11.3. The van der Waals surface area contributed by atoms with Gasteiger partial charge >= 0.3 is 0 Å². The van der Waals surface area contributed by atoms with Crippen LogP contribution < -0.4 is 0 Å². The van der Waals surface area contributed by atoms with Crippen molar-refractivity contribution in [3.63, 3.8) is 0 Å². The van der Waals surface area contributed by atoms with Gasteiger partial charge in [-0.25, -0.2) is 0 Å². The molecule has 5 nitrogen and oxygen atoms in total. The lowest BCUT2D eigenvalue weighted by Crippen LogP contribution is -2.57. The van der Waals surface area contributed by atoms with Crippen molar-refractivity contribution in [2.45, 2.75) is 49.8 Å². The molecular formula is C10H18O5. The van der Waals surface area contributed by atoms with Gasteiger partial charge in [-0.15, -0.1) is 0 Å². The second-order valence-electron chi connectivity index (χ2n) is 4.26. The Morgan fingerprint density at radius 2 is 2.13 bits per heavy atom. The van der Waals surface area contributed by atoms with Gasteiger partial charge in [-0.1, -0.05) is 0 Å². The molecule has 0 aliphatic carbocycles. The SMILES string of the molecule is OCC[C@H]1C[C@H](O)[C@@H](O)[C@]2(CCCO2)O1. The maximum absolute atomic E-state index is 9.85. The minimum absolute atomic E-state index is 0.0174. The quantitative estimate of drug-likeness (QED) is 0.576. The molecule has 0 unspecified atom stereocenters. The molecule has 2 heterocycles. The third kappa shape index (κ3) is 2.03. The van der Waals surface area contributed by atoms with Gasteiger partial charge in [-0.2, -0.15) is 0 Å². The molecule has 2 aliphatic rings. The molecule has 15 heavy (non-hydrogen) atoms. The Labute approximate surface area is 88.6 Å². The fraction of sp³-hybridized carbons (Fsp3) is 1.00. The average molecular weight is 218 g/mol. The number of hydrogen-bond donors (Lipinski definition) is 3. The predicted molar refractivity (Wildman–Crippen MR) is 51.1 cm³/mol. The molecule has 0 aromatic rings. The zero-order chi connectivity index (χ0) is 10.9. The van der Waals surface area contributed by atoms with Crippen molar-refractivity contribution in [3.05, 3.63) is 0 Å². The van der Waals surface area contributed by atoms with E-state index in [0.717, 1.165) is 6.42 Å². The van der Waals surface area contributed by atoms with Gasteiger partial charge in [0.25, 0.3) is 0 Å². The van der Waals surface area contributed by atoms with Crippen molar-refractivity contribution >= 4 is 0 Å². The molecule has 2 rings (SSSR count). The van der Waals surface area contributed by atoms with Crippen LogP contribution in [0.5, 0.6) is 0 Å². The van der Waals surface area contributed by atoms with Gasteiger partial charge in [0.15, 0.2) is 5.79 Å². The van der Waals surface area contributed by atoms with Gasteiger partial charge in [0.1, 0.15) is 6.10 Å². The smallest absolute Gasteiger partial charge is 0.197 e. The maximum atomic E-state index is 9.85. The molecule has 0 amide bonds. The summed E-state index contributed by atoms with van der Waals surface area (Å²) in [6.07, 6.45) is 0.222. The minimum atomic E-state index is -1.03. The van der Waals surface area contributed by atoms with Crippen molar-refractivity contribution in [3.8, 4) is 0 Å². The van der Waals surface area contributed by atoms with Crippen LogP contribution in [-0.4, -0.2) is 52.6 Å². The lowest BCUT2D eigenvalue weighted by molar-refractivity contribution is -0.324. The summed E-state index contributed by atoms with van der Waals surface area (Å²) in [5, 5.41) is 28.4. The van der Waals surface area contributed by atoms with Crippen molar-refractivity contribution in [1.29, 1.82) is 0 Å². The third-order valence-electron chi connectivity index (χ3n) is 3.15. The number of rotatable bonds is 2. The summed E-state index contributed by atoms with van der Waals surface area (Å²) in [4.78, 5) is 0. The molecule has 4 atom stereocenters. The van der Waals surface area contributed by atoms with Crippen LogP contribution in [-0.2, 0) is 9.47 Å². The summed E-state index contributed by atoms with van der Waals surface area (Å²) in [5.41, 5.74) is 0. The summed E-state index contributed by atoms with van der Waals surface area (Å²) in [7, 11) is 0. The van der Waals surface area contributed by atoms with Crippen molar-refractivity contribution in [2.75, 3.05) is 13.2 Å². The van der Waals surface area contributed by atoms with Crippen molar-refractivity contribution in [2.24, 2.45) is 0 Å². The van der Waals surface area contributed by atoms with Crippen LogP contribution in [0.15, 0.2) is 0 Å². The number of aliphatic hydroxyl groups excluding tert-OH is 3. The van der Waals surface area contributed by atoms with Gasteiger partial charge in [-0.05, 0) is 12.8 Å². The predicted octanol–water partition coefficient (Wildman–Crippen LogP) is -0.614. The molecular weight excluding hydrogens is 200 g/mol. The zero-order valence-electron chi connectivity index (χ0n) is 8.63. The Hall–Kier alpha value is -0.200. The summed E-state index contributed by atoms with van der Waals surface area (Å²) in [6, 6.07) is 0. The third-order valence-corrected chi connectivity index (χ3v) is 3.15. The van der Waals surface area contributed by atoms with Crippen LogP contribution >= 0.6 is 0 Å². The van der Waals surface area contributed by atoms with E-state index in [1.807, 2.05) is 0 Å². The Morgan fingerprint density at radius 3 is 2.73 bits per heavy atom. The standard InChI is InChI=1S/C10H18O5/c11-4-2-7-6-8(12)9(13)10(15-7)3-1-5-14-10/h7-9,11-13H,1-6H2/t7-,8-,9+,10-/m0/s1. The molecule has 0 radical (unpaired) electrons. The minimum Gasteiger partial charge on any atom is -0.396 e. The summed E-state index contributed by atoms with van der Waals surface area (Å²) in [5.74, 6) is -1.03. The summed E-state index contributed by atoms with van der Waals surface area (Å²) < 4.78 is 11.1. The first-order chi connectivity index (χ1) is 7.18. The van der Waals surface area contributed by atoms with Crippen LogP contribution in [0.1, 0.15) is 25.7 Å². The number of aliphatic hydroxyl groups is 3. The van der Waals surface area contributed by atoms with Gasteiger partial charge in [-0.3, -0.25) is 0 Å². The molecule has 0 saturated carbocycles. The van der Waals surface area contributed by atoms with E-state index in [4.69, 9.17) is 14.6 Å². The van der Waals surface area contributed by atoms with E-state index in [2.05, 4.69) is 0 Å². The molecule has 0 aromatic heterocycles. The van der Waals surface area contributed by atoms with Crippen LogP contribution in [0.25, 0.3) is 0 Å². The highest BCUT2D eigenvalue weighted by atomic mass is 16.7. The van der Waals surface area contributed by atoms with Crippen LogP contribution in [0.2, 0.25) is 0 Å². The van der Waals surface area contributed by atoms with E-state index in [-0.39, 0.29) is 12.7 Å². The van der Waals surface area contributed by atoms with Crippen LogP contribution in [0, 0.1) is 0 Å². The van der Waals surface area contributed by atoms with E-state index < -0.39 is 18.0 Å². The first-order valence-corrected chi connectivity index (χ1v) is 5.47. The molecule has 3 N–H and O–H groups in total. The van der Waals surface area contributed by atoms with E-state index in [1.54, 1.807) is 0 Å². The Morgan fingerprint density at radius 1 is 1.33 bits per heavy atom. The zero-order valence-corrected chi connectivity index (χ0v) is 8.63.